The van der Waals surface area contributed by atoms with Crippen LogP contribution in [0.15, 0.2) is 148 Å². The number of carbonyl (C=O) groups is 2. The second kappa shape index (κ2) is 15.9. The number of imide groups is 1. The lowest BCUT2D eigenvalue weighted by atomic mass is 10.0. The molecule has 0 radical (unpaired) electrons. The minimum atomic E-state index is -4.54. The molecule has 0 unspecified atom stereocenters. The summed E-state index contributed by atoms with van der Waals surface area (Å²) in [6, 6.07) is 30.7. The van der Waals surface area contributed by atoms with Crippen LogP contribution in [-0.2, 0) is 39.9 Å². The maximum absolute atomic E-state index is 12.6. The molecule has 2 amide bonds. The number of rotatable bonds is 8. The molecule has 3 aromatic heterocycles. The van der Waals surface area contributed by atoms with E-state index < -0.39 is 42.2 Å². The first kappa shape index (κ1) is 43.0. The van der Waals surface area contributed by atoms with Crippen molar-refractivity contribution in [3.05, 3.63) is 156 Å². The predicted molar refractivity (Wildman–Crippen MR) is 252 cm³/mol. The lowest BCUT2D eigenvalue weighted by Crippen LogP contribution is -2.29. The fourth-order valence-electron chi connectivity index (χ4n) is 8.23. The number of nitrogens with one attached hydrogen (secondary N) is 2. The van der Waals surface area contributed by atoms with Crippen molar-refractivity contribution in [2.75, 3.05) is 4.90 Å². The van der Waals surface area contributed by atoms with Crippen LogP contribution < -0.4 is 4.90 Å². The molecule has 332 valence electrons. The fourth-order valence-corrected chi connectivity index (χ4v) is 9.67. The Morgan fingerprint density at radius 3 is 0.866 bits per heavy atom. The maximum atomic E-state index is 12.6. The smallest absolute Gasteiger partial charge is 0.294 e. The standard InChI is InChI=1S/C48H31N5O11S3/c54-43-25-26-44(55)53(43)31-9-1-27(2-10-31)45-35-17-19-37(49-35)46(28-3-11-32(12-4-28)65(56,57)58)39-21-23-41(51-39)48(30-7-15-34(16-8-30)67(62,63)64)42-24-22-40(52-42)47(38-20-18-36(45)50-38)29-5-13-33(14-6-29)66(59,60)61/h1-26,49,52H,(H,56,57,58)(H,59,60,61)(H,62,63,64). The van der Waals surface area contributed by atoms with E-state index >= 15 is 0 Å². The van der Waals surface area contributed by atoms with E-state index in [-0.39, 0.29) is 14.7 Å². The normalized spacial score (nSPS) is 13.8. The van der Waals surface area contributed by atoms with Gasteiger partial charge in [0.15, 0.2) is 0 Å². The van der Waals surface area contributed by atoms with Gasteiger partial charge in [-0.25, -0.2) is 14.9 Å². The summed E-state index contributed by atoms with van der Waals surface area (Å²) >= 11 is 0. The summed E-state index contributed by atoms with van der Waals surface area (Å²) in [7, 11) is -13.6. The molecule has 8 bridgehead atoms. The molecular weight excluding hydrogens is 919 g/mol. The van der Waals surface area contributed by atoms with Crippen molar-refractivity contribution >= 4 is 94.2 Å². The van der Waals surface area contributed by atoms with Crippen molar-refractivity contribution in [2.45, 2.75) is 14.7 Å². The van der Waals surface area contributed by atoms with E-state index in [0.29, 0.717) is 95.0 Å². The van der Waals surface area contributed by atoms with Gasteiger partial charge < -0.3 is 9.97 Å². The minimum absolute atomic E-state index is 0.323. The molecule has 0 saturated heterocycles. The summed E-state index contributed by atoms with van der Waals surface area (Å²) in [4.78, 5) is 42.5. The third kappa shape index (κ3) is 8.01. The maximum Gasteiger partial charge on any atom is 0.294 e. The summed E-state index contributed by atoms with van der Waals surface area (Å²) < 4.78 is 102. The first-order chi connectivity index (χ1) is 31.9. The molecule has 0 spiro atoms. The predicted octanol–water partition coefficient (Wildman–Crippen LogP) is 8.49. The number of aromatic amines is 2. The van der Waals surface area contributed by atoms with Gasteiger partial charge in [-0.1, -0.05) is 48.5 Å². The van der Waals surface area contributed by atoms with Crippen molar-refractivity contribution in [3.63, 3.8) is 0 Å². The number of anilines is 1. The Morgan fingerprint density at radius 1 is 0.358 bits per heavy atom. The van der Waals surface area contributed by atoms with E-state index in [4.69, 9.17) is 9.97 Å². The van der Waals surface area contributed by atoms with Gasteiger partial charge in [-0.2, -0.15) is 25.3 Å². The Morgan fingerprint density at radius 2 is 0.612 bits per heavy atom. The lowest BCUT2D eigenvalue weighted by Gasteiger charge is -2.14. The van der Waals surface area contributed by atoms with E-state index in [1.807, 2.05) is 12.1 Å². The van der Waals surface area contributed by atoms with Crippen LogP contribution in [0.5, 0.6) is 0 Å². The first-order valence-corrected chi connectivity index (χ1v) is 24.3. The fraction of sp³-hybridized carbons (Fsp3) is 0. The first-order valence-electron chi connectivity index (χ1n) is 20.0. The molecule has 67 heavy (non-hydrogen) atoms. The van der Waals surface area contributed by atoms with E-state index in [1.165, 1.54) is 84.9 Å². The molecule has 7 aromatic rings. The van der Waals surface area contributed by atoms with Crippen molar-refractivity contribution in [1.82, 2.24) is 19.9 Å². The van der Waals surface area contributed by atoms with Crippen molar-refractivity contribution < 1.29 is 48.5 Å². The summed E-state index contributed by atoms with van der Waals surface area (Å²) in [6.45, 7) is 0. The summed E-state index contributed by atoms with van der Waals surface area (Å²) in [5.74, 6) is -0.966. The van der Waals surface area contributed by atoms with Gasteiger partial charge in [-0.3, -0.25) is 23.2 Å². The average Bonchev–Trinajstić information content (AvgIpc) is 4.16. The van der Waals surface area contributed by atoms with E-state index in [0.717, 1.165) is 4.90 Å². The molecule has 0 aliphatic carbocycles. The number of fused-ring (bicyclic) bond motifs is 8. The van der Waals surface area contributed by atoms with Crippen LogP contribution in [0.1, 0.15) is 22.8 Å². The van der Waals surface area contributed by atoms with Gasteiger partial charge in [-0.15, -0.1) is 0 Å². The van der Waals surface area contributed by atoms with E-state index in [9.17, 15) is 48.5 Å². The van der Waals surface area contributed by atoms with Crippen LogP contribution in [0, 0.1) is 0 Å². The zero-order chi connectivity index (χ0) is 47.0. The van der Waals surface area contributed by atoms with Crippen molar-refractivity contribution in [2.24, 2.45) is 0 Å². The molecule has 10 rings (SSSR count). The summed E-state index contributed by atoms with van der Waals surface area (Å²) in [5, 5.41) is 0. The quantitative estimate of drug-likeness (QED) is 0.0708. The van der Waals surface area contributed by atoms with Crippen LogP contribution in [0.2, 0.25) is 0 Å². The number of amides is 2. The molecular formula is C48H31N5O11S3. The van der Waals surface area contributed by atoms with Gasteiger partial charge >= 0.3 is 0 Å². The molecule has 0 atom stereocenters. The molecule has 16 nitrogen and oxygen atoms in total. The highest BCUT2D eigenvalue weighted by molar-refractivity contribution is 7.86. The van der Waals surface area contributed by atoms with Crippen LogP contribution >= 0.6 is 0 Å². The second-order valence-corrected chi connectivity index (χ2v) is 19.7. The van der Waals surface area contributed by atoms with Crippen LogP contribution in [0.4, 0.5) is 5.69 Å². The lowest BCUT2D eigenvalue weighted by molar-refractivity contribution is -0.120. The number of nitrogens with zero attached hydrogens (tertiary/aromatic N) is 3. The average molecular weight is 950 g/mol. The van der Waals surface area contributed by atoms with Crippen LogP contribution in [-0.4, -0.2) is 70.7 Å². The topological polar surface area (TPSA) is 258 Å². The Balaban J connectivity index is 1.32. The Bertz CT molecular complexity index is 3800. The number of carbonyl (C=O) groups excluding carboxylic acids is 2. The van der Waals surface area contributed by atoms with Gasteiger partial charge in [0.1, 0.15) is 0 Å². The number of aromatic nitrogens is 4. The minimum Gasteiger partial charge on any atom is -0.354 e. The van der Waals surface area contributed by atoms with Crippen molar-refractivity contribution in [1.29, 1.82) is 0 Å². The largest absolute Gasteiger partial charge is 0.354 e. The Labute approximate surface area is 381 Å². The SMILES string of the molecule is O=C1C=CC(=O)N1c1ccc(-c2c3nc(c(-c4ccc(S(=O)(=O)O)cc4)c4ccc([nH]4)c(-c4ccc(S(=O)(=O)O)cc4)c4nc(c(-c5ccc(S(=O)(=O)O)cc5)c5ccc2[nH]5)C=C4)C=C3)cc1. The van der Waals surface area contributed by atoms with Crippen LogP contribution in [0.25, 0.3) is 90.9 Å². The molecule has 19 heteroatoms. The summed E-state index contributed by atoms with van der Waals surface area (Å²) in [5.41, 5.74) is 8.48. The Hall–Kier alpha value is -7.91. The zero-order valence-corrected chi connectivity index (χ0v) is 36.6. The molecule has 0 saturated carbocycles. The third-order valence-corrected chi connectivity index (χ3v) is 13.9. The van der Waals surface area contributed by atoms with Gasteiger partial charge in [-0.05, 0) is 119 Å². The molecule has 3 aliphatic rings. The van der Waals surface area contributed by atoms with E-state index in [2.05, 4.69) is 9.97 Å². The van der Waals surface area contributed by atoms with Gasteiger partial charge in [0.05, 0.1) is 43.1 Å². The zero-order valence-electron chi connectivity index (χ0n) is 34.2. The number of benzene rings is 4. The third-order valence-electron chi connectivity index (χ3n) is 11.3. The highest BCUT2D eigenvalue weighted by Gasteiger charge is 2.26. The van der Waals surface area contributed by atoms with Gasteiger partial charge in [0, 0.05) is 56.5 Å². The molecule has 4 aromatic carbocycles. The molecule has 5 N–H and O–H groups in total. The highest BCUT2D eigenvalue weighted by Crippen LogP contribution is 2.39. The van der Waals surface area contributed by atoms with Crippen molar-refractivity contribution in [3.8, 4) is 44.5 Å². The summed E-state index contributed by atoms with van der Waals surface area (Å²) in [6.07, 6.45) is 9.47. The van der Waals surface area contributed by atoms with E-state index in [1.54, 1.807) is 60.7 Å². The van der Waals surface area contributed by atoms with Crippen LogP contribution in [0.3, 0.4) is 0 Å². The Kier molecular flexibility index (Phi) is 10.2. The molecule has 6 heterocycles. The van der Waals surface area contributed by atoms with Gasteiger partial charge in [0.2, 0.25) is 0 Å². The van der Waals surface area contributed by atoms with Gasteiger partial charge in [0.25, 0.3) is 42.2 Å². The monoisotopic (exact) mass is 949 g/mol. The second-order valence-electron chi connectivity index (χ2n) is 15.4. The molecule has 3 aliphatic heterocycles. The highest BCUT2D eigenvalue weighted by atomic mass is 32.2. The number of hydrogen-bond donors (Lipinski definition) is 5. The molecule has 0 fully saturated rings. The number of H-pyrrole nitrogens is 2. The number of hydrogen-bond acceptors (Lipinski definition) is 10.